The third kappa shape index (κ3) is 3.88. The second-order valence-electron chi connectivity index (χ2n) is 6.86. The molecule has 0 aliphatic carbocycles. The molecule has 0 N–H and O–H groups in total. The van der Waals surface area contributed by atoms with E-state index in [0.29, 0.717) is 31.1 Å². The highest BCUT2D eigenvalue weighted by atomic mass is 35.5. The topological polar surface area (TPSA) is 71.3 Å². The Morgan fingerprint density at radius 1 is 1.30 bits per heavy atom. The minimum atomic E-state index is -0.0471. The molecule has 7 nitrogen and oxygen atoms in total. The molecule has 4 rings (SSSR count). The van der Waals surface area contributed by atoms with Crippen molar-refractivity contribution in [1.82, 2.24) is 24.8 Å². The summed E-state index contributed by atoms with van der Waals surface area (Å²) in [5.74, 6) is 0.129. The van der Waals surface area contributed by atoms with Gasteiger partial charge in [0.25, 0.3) is 0 Å². The fourth-order valence-electron chi connectivity index (χ4n) is 3.31. The van der Waals surface area contributed by atoms with Gasteiger partial charge >= 0.3 is 0 Å². The van der Waals surface area contributed by atoms with Gasteiger partial charge in [0.2, 0.25) is 11.8 Å². The molecule has 27 heavy (non-hydrogen) atoms. The fourth-order valence-corrected chi connectivity index (χ4v) is 3.51. The molecule has 0 radical (unpaired) electrons. The standard InChI is InChI=1S/C19H20ClN5O2/c20-17-5-2-1-4-14(17)7-8-19(27)24-12-16(13-24)25-11-15(21-22-25)10-23-9-3-6-18(23)26/h1-2,4-5,7-8,11,16H,3,6,9-10,12-13H2/b8-7+. The lowest BCUT2D eigenvalue weighted by molar-refractivity contribution is -0.131. The SMILES string of the molecule is O=C(/C=C/c1ccccc1Cl)N1CC(n2cc(CN3CCCC3=O)nn2)C1. The van der Waals surface area contributed by atoms with E-state index in [1.54, 1.807) is 27.8 Å². The lowest BCUT2D eigenvalue weighted by atomic mass is 10.1. The van der Waals surface area contributed by atoms with Crippen LogP contribution in [0.2, 0.25) is 5.02 Å². The Morgan fingerprint density at radius 3 is 2.85 bits per heavy atom. The first-order valence-corrected chi connectivity index (χ1v) is 9.38. The van der Waals surface area contributed by atoms with Crippen molar-refractivity contribution >= 4 is 29.5 Å². The van der Waals surface area contributed by atoms with E-state index in [9.17, 15) is 9.59 Å². The van der Waals surface area contributed by atoms with Crippen molar-refractivity contribution in [2.45, 2.75) is 25.4 Å². The van der Waals surface area contributed by atoms with Gasteiger partial charge in [-0.2, -0.15) is 0 Å². The summed E-state index contributed by atoms with van der Waals surface area (Å²) in [6.07, 6.45) is 6.68. The van der Waals surface area contributed by atoms with Crippen molar-refractivity contribution in [3.05, 3.63) is 52.8 Å². The van der Waals surface area contributed by atoms with Gasteiger partial charge in [-0.25, -0.2) is 4.68 Å². The molecule has 0 bridgehead atoms. The highest BCUT2D eigenvalue weighted by Gasteiger charge is 2.32. The molecule has 2 aliphatic rings. The molecule has 2 amide bonds. The van der Waals surface area contributed by atoms with Crippen LogP contribution in [0.5, 0.6) is 0 Å². The molecule has 140 valence electrons. The summed E-state index contributed by atoms with van der Waals surface area (Å²) < 4.78 is 1.79. The lowest BCUT2D eigenvalue weighted by Gasteiger charge is -2.38. The first kappa shape index (κ1) is 17.7. The zero-order valence-corrected chi connectivity index (χ0v) is 15.5. The number of halogens is 1. The van der Waals surface area contributed by atoms with E-state index < -0.39 is 0 Å². The maximum Gasteiger partial charge on any atom is 0.246 e. The minimum Gasteiger partial charge on any atom is -0.337 e. The van der Waals surface area contributed by atoms with Crippen molar-refractivity contribution in [3.8, 4) is 0 Å². The predicted octanol–water partition coefficient (Wildman–Crippen LogP) is 2.15. The second-order valence-corrected chi connectivity index (χ2v) is 7.27. The van der Waals surface area contributed by atoms with Crippen LogP contribution in [0, 0.1) is 0 Å². The summed E-state index contributed by atoms with van der Waals surface area (Å²) >= 11 is 6.09. The van der Waals surface area contributed by atoms with Crippen LogP contribution in [0.1, 0.15) is 30.1 Å². The summed E-state index contributed by atoms with van der Waals surface area (Å²) in [6, 6.07) is 7.52. The van der Waals surface area contributed by atoms with E-state index >= 15 is 0 Å². The predicted molar refractivity (Wildman–Crippen MR) is 101 cm³/mol. The normalized spacial score (nSPS) is 17.7. The quantitative estimate of drug-likeness (QED) is 0.739. The Kier molecular flexibility index (Phi) is 4.94. The Bertz CT molecular complexity index is 888. The van der Waals surface area contributed by atoms with Crippen LogP contribution >= 0.6 is 11.6 Å². The van der Waals surface area contributed by atoms with E-state index in [4.69, 9.17) is 11.6 Å². The third-order valence-electron chi connectivity index (χ3n) is 4.94. The van der Waals surface area contributed by atoms with Crippen LogP contribution in [0.25, 0.3) is 6.08 Å². The van der Waals surface area contributed by atoms with Gasteiger partial charge in [-0.1, -0.05) is 35.0 Å². The molecule has 2 fully saturated rings. The van der Waals surface area contributed by atoms with Gasteiger partial charge in [0.05, 0.1) is 18.8 Å². The molecule has 0 spiro atoms. The number of hydrogen-bond acceptors (Lipinski definition) is 4. The van der Waals surface area contributed by atoms with Gasteiger partial charge in [0.15, 0.2) is 0 Å². The van der Waals surface area contributed by atoms with Crippen LogP contribution < -0.4 is 0 Å². The minimum absolute atomic E-state index is 0.0471. The monoisotopic (exact) mass is 385 g/mol. The highest BCUT2D eigenvalue weighted by Crippen LogP contribution is 2.22. The van der Waals surface area contributed by atoms with Gasteiger partial charge in [-0.15, -0.1) is 5.10 Å². The van der Waals surface area contributed by atoms with Crippen molar-refractivity contribution in [3.63, 3.8) is 0 Å². The van der Waals surface area contributed by atoms with Crippen LogP contribution in [-0.4, -0.2) is 56.2 Å². The molecule has 0 unspecified atom stereocenters. The number of nitrogens with zero attached hydrogens (tertiary/aromatic N) is 5. The Labute approximate surface area is 162 Å². The van der Waals surface area contributed by atoms with Crippen molar-refractivity contribution in [2.75, 3.05) is 19.6 Å². The number of carbonyl (C=O) groups excluding carboxylic acids is 2. The molecule has 2 aliphatic heterocycles. The number of benzene rings is 1. The molecule has 0 atom stereocenters. The Balaban J connectivity index is 1.30. The van der Waals surface area contributed by atoms with Crippen LogP contribution in [-0.2, 0) is 16.1 Å². The number of carbonyl (C=O) groups is 2. The maximum absolute atomic E-state index is 12.3. The van der Waals surface area contributed by atoms with Gasteiger partial charge < -0.3 is 9.80 Å². The summed E-state index contributed by atoms with van der Waals surface area (Å²) in [4.78, 5) is 27.5. The molecule has 3 heterocycles. The smallest absolute Gasteiger partial charge is 0.246 e. The highest BCUT2D eigenvalue weighted by molar-refractivity contribution is 6.32. The lowest BCUT2D eigenvalue weighted by Crippen LogP contribution is -2.50. The van der Waals surface area contributed by atoms with Gasteiger partial charge in [-0.3, -0.25) is 9.59 Å². The zero-order valence-electron chi connectivity index (χ0n) is 14.8. The molecule has 2 saturated heterocycles. The van der Waals surface area contributed by atoms with Crippen LogP contribution in [0.3, 0.4) is 0 Å². The van der Waals surface area contributed by atoms with Gasteiger partial charge in [0, 0.05) is 37.2 Å². The maximum atomic E-state index is 12.3. The molecular weight excluding hydrogens is 366 g/mol. The molecule has 2 aromatic rings. The molecule has 0 saturated carbocycles. The first-order chi connectivity index (χ1) is 13.1. The van der Waals surface area contributed by atoms with E-state index in [1.165, 1.54) is 0 Å². The third-order valence-corrected chi connectivity index (χ3v) is 5.28. The second kappa shape index (κ2) is 7.52. The number of aromatic nitrogens is 3. The summed E-state index contributed by atoms with van der Waals surface area (Å²) in [7, 11) is 0. The summed E-state index contributed by atoms with van der Waals surface area (Å²) in [5.41, 5.74) is 1.61. The van der Waals surface area contributed by atoms with Gasteiger partial charge in [-0.05, 0) is 24.1 Å². The Hall–Kier alpha value is -2.67. The molecule has 8 heteroatoms. The van der Waals surface area contributed by atoms with Crippen molar-refractivity contribution in [2.24, 2.45) is 0 Å². The average molecular weight is 386 g/mol. The number of hydrogen-bond donors (Lipinski definition) is 0. The van der Waals surface area contributed by atoms with E-state index in [0.717, 1.165) is 24.2 Å². The average Bonchev–Trinajstić information content (AvgIpc) is 3.23. The number of rotatable bonds is 5. The molecule has 1 aromatic carbocycles. The summed E-state index contributed by atoms with van der Waals surface area (Å²) in [6.45, 7) is 2.48. The fraction of sp³-hybridized carbons (Fsp3) is 0.368. The van der Waals surface area contributed by atoms with E-state index in [1.807, 2.05) is 29.3 Å². The van der Waals surface area contributed by atoms with E-state index in [2.05, 4.69) is 10.3 Å². The molecular formula is C19H20ClN5O2. The number of amides is 2. The van der Waals surface area contributed by atoms with Crippen molar-refractivity contribution < 1.29 is 9.59 Å². The summed E-state index contributed by atoms with van der Waals surface area (Å²) in [5, 5.41) is 8.94. The van der Waals surface area contributed by atoms with Gasteiger partial charge in [0.1, 0.15) is 5.69 Å². The zero-order chi connectivity index (χ0) is 18.8. The van der Waals surface area contributed by atoms with Crippen molar-refractivity contribution in [1.29, 1.82) is 0 Å². The first-order valence-electron chi connectivity index (χ1n) is 9.00. The van der Waals surface area contributed by atoms with E-state index in [-0.39, 0.29) is 17.9 Å². The Morgan fingerprint density at radius 2 is 2.11 bits per heavy atom. The van der Waals surface area contributed by atoms with Crippen LogP contribution in [0.4, 0.5) is 0 Å². The number of likely N-dealkylation sites (tertiary alicyclic amines) is 2. The largest absolute Gasteiger partial charge is 0.337 e. The molecule has 1 aromatic heterocycles. The van der Waals surface area contributed by atoms with Crippen LogP contribution in [0.15, 0.2) is 36.5 Å².